The lowest BCUT2D eigenvalue weighted by Gasteiger charge is -2.28. The molecule has 1 N–H and O–H groups in total. The Morgan fingerprint density at radius 2 is 2.23 bits per heavy atom. The van der Waals surface area contributed by atoms with Crippen LogP contribution in [0.25, 0.3) is 0 Å². The van der Waals surface area contributed by atoms with E-state index in [2.05, 4.69) is 5.32 Å². The molecule has 4 nitrogen and oxygen atoms in total. The standard InChI is InChI=1S/C17H21FN2O2/c18-14-4-1-3-12(9-14)10-15(20-8-2-5-16(20)21)11-19-17(22)13-6-7-13/h1,3-4,9,13,15H,2,5-8,10-11H2,(H,19,22)/t15-/m1/s1. The summed E-state index contributed by atoms with van der Waals surface area (Å²) < 4.78 is 13.3. The molecule has 1 heterocycles. The maximum atomic E-state index is 13.3. The summed E-state index contributed by atoms with van der Waals surface area (Å²) in [5.41, 5.74) is 0.852. The third-order valence-corrected chi connectivity index (χ3v) is 4.37. The highest BCUT2D eigenvalue weighted by atomic mass is 19.1. The molecule has 2 amide bonds. The van der Waals surface area contributed by atoms with Crippen LogP contribution in [0.15, 0.2) is 24.3 Å². The number of carbonyl (C=O) groups excluding carboxylic acids is 2. The molecule has 0 aromatic heterocycles. The van der Waals surface area contributed by atoms with Gasteiger partial charge in [0, 0.05) is 25.4 Å². The first kappa shape index (κ1) is 15.0. The van der Waals surface area contributed by atoms with Crippen molar-refractivity contribution in [3.05, 3.63) is 35.6 Å². The van der Waals surface area contributed by atoms with Gasteiger partial charge in [-0.25, -0.2) is 4.39 Å². The van der Waals surface area contributed by atoms with Crippen LogP contribution in [0.2, 0.25) is 0 Å². The van der Waals surface area contributed by atoms with E-state index < -0.39 is 0 Å². The van der Waals surface area contributed by atoms with Crippen molar-refractivity contribution in [1.29, 1.82) is 0 Å². The zero-order chi connectivity index (χ0) is 15.5. The van der Waals surface area contributed by atoms with Crippen LogP contribution in [0.4, 0.5) is 4.39 Å². The summed E-state index contributed by atoms with van der Waals surface area (Å²) >= 11 is 0. The van der Waals surface area contributed by atoms with E-state index in [0.29, 0.717) is 19.4 Å². The predicted octanol–water partition coefficient (Wildman–Crippen LogP) is 1.89. The van der Waals surface area contributed by atoms with Gasteiger partial charge in [-0.1, -0.05) is 12.1 Å². The number of likely N-dealkylation sites (tertiary alicyclic amines) is 1. The first-order valence-electron chi connectivity index (χ1n) is 7.95. The van der Waals surface area contributed by atoms with E-state index in [1.54, 1.807) is 6.07 Å². The number of benzene rings is 1. The molecule has 1 saturated heterocycles. The summed E-state index contributed by atoms with van der Waals surface area (Å²) in [6, 6.07) is 6.35. The number of carbonyl (C=O) groups is 2. The van der Waals surface area contributed by atoms with Gasteiger partial charge in [-0.05, 0) is 43.4 Å². The summed E-state index contributed by atoms with van der Waals surface area (Å²) in [5.74, 6) is 0.0908. The van der Waals surface area contributed by atoms with Crippen LogP contribution in [0.3, 0.4) is 0 Å². The van der Waals surface area contributed by atoms with Gasteiger partial charge in [0.15, 0.2) is 0 Å². The Morgan fingerprint density at radius 3 is 2.86 bits per heavy atom. The van der Waals surface area contributed by atoms with Crippen molar-refractivity contribution in [2.24, 2.45) is 5.92 Å². The molecule has 0 unspecified atom stereocenters. The molecule has 3 rings (SSSR count). The van der Waals surface area contributed by atoms with E-state index in [-0.39, 0.29) is 29.6 Å². The number of amides is 2. The Morgan fingerprint density at radius 1 is 1.41 bits per heavy atom. The zero-order valence-corrected chi connectivity index (χ0v) is 12.6. The van der Waals surface area contributed by atoms with Crippen molar-refractivity contribution in [3.8, 4) is 0 Å². The minimum absolute atomic E-state index is 0.0795. The predicted molar refractivity (Wildman–Crippen MR) is 80.6 cm³/mol. The van der Waals surface area contributed by atoms with E-state index in [1.165, 1.54) is 12.1 Å². The van der Waals surface area contributed by atoms with Gasteiger partial charge in [-0.2, -0.15) is 0 Å². The van der Waals surface area contributed by atoms with E-state index in [0.717, 1.165) is 31.4 Å². The van der Waals surface area contributed by atoms with Crippen LogP contribution in [0, 0.1) is 11.7 Å². The zero-order valence-electron chi connectivity index (χ0n) is 12.6. The number of halogens is 1. The topological polar surface area (TPSA) is 49.4 Å². The molecule has 118 valence electrons. The van der Waals surface area contributed by atoms with Crippen molar-refractivity contribution >= 4 is 11.8 Å². The number of nitrogens with one attached hydrogen (secondary N) is 1. The van der Waals surface area contributed by atoms with Crippen molar-refractivity contribution in [3.63, 3.8) is 0 Å². The van der Waals surface area contributed by atoms with Crippen LogP contribution in [-0.2, 0) is 16.0 Å². The Bertz CT molecular complexity index is 572. The molecule has 2 fully saturated rings. The lowest BCUT2D eigenvalue weighted by Crippen LogP contribution is -2.46. The lowest BCUT2D eigenvalue weighted by atomic mass is 10.0. The molecule has 1 aromatic carbocycles. The first-order chi connectivity index (χ1) is 10.6. The minimum atomic E-state index is -0.272. The number of hydrogen-bond donors (Lipinski definition) is 1. The molecular formula is C17H21FN2O2. The summed E-state index contributed by atoms with van der Waals surface area (Å²) in [4.78, 5) is 25.7. The van der Waals surface area contributed by atoms with Gasteiger partial charge in [0.05, 0.1) is 6.04 Å². The van der Waals surface area contributed by atoms with Crippen LogP contribution in [0.1, 0.15) is 31.2 Å². The second kappa shape index (κ2) is 6.46. The number of nitrogens with zero attached hydrogens (tertiary/aromatic N) is 1. The van der Waals surface area contributed by atoms with Crippen molar-refractivity contribution in [2.45, 2.75) is 38.1 Å². The monoisotopic (exact) mass is 304 g/mol. The highest BCUT2D eigenvalue weighted by Gasteiger charge is 2.32. The van der Waals surface area contributed by atoms with Gasteiger partial charge >= 0.3 is 0 Å². The Labute approximate surface area is 129 Å². The molecule has 1 saturated carbocycles. The fourth-order valence-corrected chi connectivity index (χ4v) is 2.99. The Hall–Kier alpha value is -1.91. The maximum absolute atomic E-state index is 13.3. The molecule has 22 heavy (non-hydrogen) atoms. The molecule has 0 radical (unpaired) electrons. The SMILES string of the molecule is O=C(NC[C@@H](Cc1cccc(F)c1)N1CCCC1=O)C1CC1. The van der Waals surface area contributed by atoms with Gasteiger partial charge < -0.3 is 10.2 Å². The molecule has 5 heteroatoms. The second-order valence-electron chi connectivity index (χ2n) is 6.20. The highest BCUT2D eigenvalue weighted by Crippen LogP contribution is 2.28. The normalized spacial score (nSPS) is 19.3. The van der Waals surface area contributed by atoms with Gasteiger partial charge in [0.25, 0.3) is 0 Å². The third kappa shape index (κ3) is 3.64. The van der Waals surface area contributed by atoms with Crippen LogP contribution < -0.4 is 5.32 Å². The Kier molecular flexibility index (Phi) is 4.41. The lowest BCUT2D eigenvalue weighted by molar-refractivity contribution is -0.130. The minimum Gasteiger partial charge on any atom is -0.354 e. The van der Waals surface area contributed by atoms with Crippen LogP contribution in [-0.4, -0.2) is 35.8 Å². The molecule has 0 bridgehead atoms. The maximum Gasteiger partial charge on any atom is 0.223 e. The average Bonchev–Trinajstić information content (AvgIpc) is 3.26. The summed E-state index contributed by atoms with van der Waals surface area (Å²) in [6.07, 6.45) is 3.91. The van der Waals surface area contributed by atoms with Crippen molar-refractivity contribution < 1.29 is 14.0 Å². The second-order valence-corrected chi connectivity index (χ2v) is 6.20. The first-order valence-corrected chi connectivity index (χ1v) is 7.95. The van der Waals surface area contributed by atoms with Crippen LogP contribution in [0.5, 0.6) is 0 Å². The average molecular weight is 304 g/mol. The molecular weight excluding hydrogens is 283 g/mol. The molecule has 1 aliphatic heterocycles. The third-order valence-electron chi connectivity index (χ3n) is 4.37. The smallest absolute Gasteiger partial charge is 0.223 e. The van der Waals surface area contributed by atoms with Crippen molar-refractivity contribution in [2.75, 3.05) is 13.1 Å². The summed E-state index contributed by atoms with van der Waals surface area (Å²) in [6.45, 7) is 1.16. The molecule has 1 aliphatic carbocycles. The van der Waals surface area contributed by atoms with Crippen molar-refractivity contribution in [1.82, 2.24) is 10.2 Å². The van der Waals surface area contributed by atoms with E-state index in [9.17, 15) is 14.0 Å². The molecule has 0 spiro atoms. The number of hydrogen-bond acceptors (Lipinski definition) is 2. The molecule has 1 atom stereocenters. The Balaban J connectivity index is 1.67. The van der Waals surface area contributed by atoms with E-state index in [1.807, 2.05) is 11.0 Å². The van der Waals surface area contributed by atoms with Crippen LogP contribution >= 0.6 is 0 Å². The van der Waals surface area contributed by atoms with Gasteiger partial charge in [0.1, 0.15) is 5.82 Å². The van der Waals surface area contributed by atoms with E-state index in [4.69, 9.17) is 0 Å². The van der Waals surface area contributed by atoms with Gasteiger partial charge in [-0.3, -0.25) is 9.59 Å². The highest BCUT2D eigenvalue weighted by molar-refractivity contribution is 5.81. The quantitative estimate of drug-likeness (QED) is 0.872. The fourth-order valence-electron chi connectivity index (χ4n) is 2.99. The largest absolute Gasteiger partial charge is 0.354 e. The summed E-state index contributed by atoms with van der Waals surface area (Å²) in [7, 11) is 0. The number of rotatable bonds is 6. The van der Waals surface area contributed by atoms with Gasteiger partial charge in [-0.15, -0.1) is 0 Å². The molecule has 1 aromatic rings. The van der Waals surface area contributed by atoms with E-state index >= 15 is 0 Å². The molecule has 2 aliphatic rings. The summed E-state index contributed by atoms with van der Waals surface area (Å²) in [5, 5.41) is 2.95. The van der Waals surface area contributed by atoms with Gasteiger partial charge in [0.2, 0.25) is 11.8 Å². The fraction of sp³-hybridized carbons (Fsp3) is 0.529.